The Morgan fingerprint density at radius 3 is 2.23 bits per heavy atom. The van der Waals surface area contributed by atoms with Crippen molar-refractivity contribution >= 4 is 17.4 Å². The van der Waals surface area contributed by atoms with Crippen LogP contribution in [0.1, 0.15) is 51.5 Å². The van der Waals surface area contributed by atoms with E-state index in [1.165, 1.54) is 0 Å². The van der Waals surface area contributed by atoms with Gasteiger partial charge in [0.15, 0.2) is 11.4 Å². The van der Waals surface area contributed by atoms with Gasteiger partial charge >= 0.3 is 0 Å². The molecule has 0 spiro atoms. The Morgan fingerprint density at radius 2 is 1.65 bits per heavy atom. The summed E-state index contributed by atoms with van der Waals surface area (Å²) in [7, 11) is 0. The van der Waals surface area contributed by atoms with Crippen LogP contribution in [0.2, 0.25) is 0 Å². The second-order valence-corrected chi connectivity index (χ2v) is 7.16. The molecule has 0 radical (unpaired) electrons. The fourth-order valence-corrected chi connectivity index (χ4v) is 3.95. The highest BCUT2D eigenvalue weighted by Gasteiger charge is 2.50. The first-order chi connectivity index (χ1) is 12.2. The number of Topliss-reactive ketones (excluding diaryl/α,β-unsaturated/α-hetero) is 1. The average molecular weight is 351 g/mol. The van der Waals surface area contributed by atoms with Crippen LogP contribution in [0.4, 0.5) is 5.69 Å². The van der Waals surface area contributed by atoms with Crippen LogP contribution >= 0.6 is 0 Å². The van der Waals surface area contributed by atoms with Crippen LogP contribution in [0.5, 0.6) is 0 Å². The lowest BCUT2D eigenvalue weighted by atomic mass is 9.84. The molecule has 0 saturated heterocycles. The van der Waals surface area contributed by atoms with E-state index in [-0.39, 0.29) is 12.2 Å². The number of anilines is 1. The van der Waals surface area contributed by atoms with E-state index in [2.05, 4.69) is 6.07 Å². The second kappa shape index (κ2) is 6.36. The third-order valence-corrected chi connectivity index (χ3v) is 5.62. The molecule has 0 fully saturated rings. The number of aliphatic hydroxyl groups is 1. The van der Waals surface area contributed by atoms with Gasteiger partial charge in [-0.1, -0.05) is 24.3 Å². The Morgan fingerprint density at radius 1 is 1.08 bits per heavy atom. The molecule has 4 heteroatoms. The van der Waals surface area contributed by atoms with Crippen LogP contribution in [0, 0.1) is 27.7 Å². The van der Waals surface area contributed by atoms with Gasteiger partial charge in [0.1, 0.15) is 0 Å². The Labute approximate surface area is 154 Å². The Balaban J connectivity index is 2.07. The van der Waals surface area contributed by atoms with Gasteiger partial charge in [0.2, 0.25) is 0 Å². The van der Waals surface area contributed by atoms with E-state index < -0.39 is 11.5 Å². The van der Waals surface area contributed by atoms with E-state index in [4.69, 9.17) is 0 Å². The molecule has 2 aromatic rings. The minimum Gasteiger partial charge on any atom is -0.375 e. The first-order valence-corrected chi connectivity index (χ1v) is 8.96. The van der Waals surface area contributed by atoms with Gasteiger partial charge in [-0.2, -0.15) is 0 Å². The predicted molar refractivity (Wildman–Crippen MR) is 103 cm³/mol. The topological polar surface area (TPSA) is 57.6 Å². The summed E-state index contributed by atoms with van der Waals surface area (Å²) in [4.78, 5) is 27.6. The number of carbonyl (C=O) groups excluding carboxylic acids is 2. The van der Waals surface area contributed by atoms with E-state index >= 15 is 0 Å². The number of benzene rings is 2. The molecule has 1 atom stereocenters. The van der Waals surface area contributed by atoms with Crippen LogP contribution in [-0.2, 0) is 10.4 Å². The lowest BCUT2D eigenvalue weighted by Crippen LogP contribution is -2.42. The molecule has 4 nitrogen and oxygen atoms in total. The standard InChI is InChI=1S/C22H25NO3/c1-6-23-18-10-8-7-9-17(18)22(26,21(23)25)12-19(24)20-15(4)13(2)11-14(3)16(20)5/h7-11,26H,6,12H2,1-5H3/t22-/m1/s1. The van der Waals surface area contributed by atoms with Crippen LogP contribution in [-0.4, -0.2) is 23.3 Å². The number of likely N-dealkylation sites (N-methyl/N-ethyl adjacent to an activating group) is 1. The number of hydrogen-bond acceptors (Lipinski definition) is 3. The van der Waals surface area contributed by atoms with Gasteiger partial charge in [-0.3, -0.25) is 9.59 Å². The van der Waals surface area contributed by atoms with E-state index in [1.807, 2.05) is 46.8 Å². The molecule has 0 aliphatic carbocycles. The Hall–Kier alpha value is -2.46. The smallest absolute Gasteiger partial charge is 0.264 e. The number of rotatable bonds is 4. The maximum atomic E-state index is 13.2. The minimum absolute atomic E-state index is 0.199. The van der Waals surface area contributed by atoms with Crippen molar-refractivity contribution < 1.29 is 14.7 Å². The molecule has 0 aromatic heterocycles. The summed E-state index contributed by atoms with van der Waals surface area (Å²) in [6.07, 6.45) is -0.246. The molecule has 0 unspecified atom stereocenters. The first kappa shape index (κ1) is 18.3. The first-order valence-electron chi connectivity index (χ1n) is 8.96. The van der Waals surface area contributed by atoms with E-state index in [0.717, 1.165) is 22.3 Å². The lowest BCUT2D eigenvalue weighted by molar-refractivity contribution is -0.135. The van der Waals surface area contributed by atoms with Crippen molar-refractivity contribution in [3.8, 4) is 0 Å². The van der Waals surface area contributed by atoms with Crippen molar-refractivity contribution in [2.75, 3.05) is 11.4 Å². The zero-order valence-corrected chi connectivity index (χ0v) is 16.0. The fraction of sp³-hybridized carbons (Fsp3) is 0.364. The highest BCUT2D eigenvalue weighted by Crippen LogP contribution is 2.43. The number of para-hydroxylation sites is 1. The SMILES string of the molecule is CCN1C(=O)[C@@](O)(CC(=O)c2c(C)c(C)cc(C)c2C)c2ccccc21. The van der Waals surface area contributed by atoms with Gasteiger partial charge in [-0.05, 0) is 62.9 Å². The summed E-state index contributed by atoms with van der Waals surface area (Å²) in [5.41, 5.74) is 3.91. The second-order valence-electron chi connectivity index (χ2n) is 7.16. The summed E-state index contributed by atoms with van der Waals surface area (Å²) in [6, 6.07) is 9.23. The third-order valence-electron chi connectivity index (χ3n) is 5.62. The van der Waals surface area contributed by atoms with Crippen molar-refractivity contribution in [3.05, 3.63) is 63.7 Å². The molecule has 0 bridgehead atoms. The number of hydrogen-bond donors (Lipinski definition) is 1. The highest BCUT2D eigenvalue weighted by molar-refractivity contribution is 6.11. The molecule has 26 heavy (non-hydrogen) atoms. The van der Waals surface area contributed by atoms with Gasteiger partial charge < -0.3 is 10.0 Å². The van der Waals surface area contributed by atoms with Gasteiger partial charge in [0, 0.05) is 17.7 Å². The van der Waals surface area contributed by atoms with E-state index in [0.29, 0.717) is 23.4 Å². The van der Waals surface area contributed by atoms with E-state index in [9.17, 15) is 14.7 Å². The maximum absolute atomic E-state index is 13.2. The third kappa shape index (κ3) is 2.56. The van der Waals surface area contributed by atoms with Crippen LogP contribution in [0.3, 0.4) is 0 Å². The normalized spacial score (nSPS) is 19.0. The summed E-state index contributed by atoms with van der Waals surface area (Å²) < 4.78 is 0. The quantitative estimate of drug-likeness (QED) is 0.854. The minimum atomic E-state index is -1.81. The average Bonchev–Trinajstić information content (AvgIpc) is 2.81. The molecule has 1 aliphatic rings. The zero-order valence-electron chi connectivity index (χ0n) is 16.0. The summed E-state index contributed by atoms with van der Waals surface area (Å²) >= 11 is 0. The molecule has 1 heterocycles. The van der Waals surface area contributed by atoms with Crippen molar-refractivity contribution in [1.82, 2.24) is 0 Å². The van der Waals surface area contributed by atoms with Gasteiger partial charge in [-0.15, -0.1) is 0 Å². The summed E-state index contributed by atoms with van der Waals surface area (Å²) in [6.45, 7) is 10.1. The number of fused-ring (bicyclic) bond motifs is 1. The zero-order chi connectivity index (χ0) is 19.2. The molecule has 1 N–H and O–H groups in total. The highest BCUT2D eigenvalue weighted by atomic mass is 16.3. The van der Waals surface area contributed by atoms with E-state index in [1.54, 1.807) is 17.0 Å². The maximum Gasteiger partial charge on any atom is 0.264 e. The lowest BCUT2D eigenvalue weighted by Gasteiger charge is -2.23. The molecule has 3 rings (SSSR count). The molecule has 1 amide bonds. The molecule has 1 aliphatic heterocycles. The molecule has 2 aromatic carbocycles. The van der Waals surface area contributed by atoms with Crippen molar-refractivity contribution in [2.45, 2.75) is 46.6 Å². The van der Waals surface area contributed by atoms with Crippen molar-refractivity contribution in [2.24, 2.45) is 0 Å². The molecular weight excluding hydrogens is 326 g/mol. The largest absolute Gasteiger partial charge is 0.375 e. The van der Waals surface area contributed by atoms with Gasteiger partial charge in [0.25, 0.3) is 5.91 Å². The van der Waals surface area contributed by atoms with Crippen molar-refractivity contribution in [1.29, 1.82) is 0 Å². The van der Waals surface area contributed by atoms with Gasteiger partial charge in [0.05, 0.1) is 12.1 Å². The summed E-state index contributed by atoms with van der Waals surface area (Å²) in [5.74, 6) is -0.621. The number of amides is 1. The number of ketones is 1. The van der Waals surface area contributed by atoms with Crippen molar-refractivity contribution in [3.63, 3.8) is 0 Å². The number of nitrogens with zero attached hydrogens (tertiary/aromatic N) is 1. The predicted octanol–water partition coefficient (Wildman–Crippen LogP) is 3.75. The Bertz CT molecular complexity index is 890. The van der Waals surface area contributed by atoms with Gasteiger partial charge in [-0.25, -0.2) is 0 Å². The monoisotopic (exact) mass is 351 g/mol. The van der Waals surface area contributed by atoms with Crippen LogP contribution in [0.25, 0.3) is 0 Å². The Kier molecular flexibility index (Phi) is 4.49. The molecule has 136 valence electrons. The van der Waals surface area contributed by atoms with Crippen LogP contribution in [0.15, 0.2) is 30.3 Å². The molecule has 0 saturated carbocycles. The fourth-order valence-electron chi connectivity index (χ4n) is 3.95. The molecular formula is C22H25NO3. The summed E-state index contributed by atoms with van der Waals surface area (Å²) in [5, 5.41) is 11.3. The number of carbonyl (C=O) groups is 2. The van der Waals surface area contributed by atoms with Crippen LogP contribution < -0.4 is 4.90 Å². The number of aryl methyl sites for hydroxylation is 2.